The first-order chi connectivity index (χ1) is 16.1. The summed E-state index contributed by atoms with van der Waals surface area (Å²) in [6.45, 7) is 6.20. The van der Waals surface area contributed by atoms with Gasteiger partial charge in [-0.05, 0) is 46.7 Å². The topological polar surface area (TPSA) is 58.6 Å². The Balaban J connectivity index is 1.58. The highest BCUT2D eigenvalue weighted by atomic mass is 35.5. The fourth-order valence-electron chi connectivity index (χ4n) is 4.41. The van der Waals surface area contributed by atoms with Crippen LogP contribution in [0.2, 0.25) is 5.02 Å². The Labute approximate surface area is 197 Å². The molecule has 3 aromatic carbocycles. The predicted octanol–water partition coefficient (Wildman–Crippen LogP) is 4.95. The van der Waals surface area contributed by atoms with E-state index in [1.165, 1.54) is 6.08 Å². The van der Waals surface area contributed by atoms with Crippen molar-refractivity contribution in [2.24, 2.45) is 0 Å². The molecule has 0 N–H and O–H groups in total. The van der Waals surface area contributed by atoms with E-state index >= 15 is 0 Å². The lowest BCUT2D eigenvalue weighted by Crippen LogP contribution is -2.48. The van der Waals surface area contributed by atoms with Crippen molar-refractivity contribution in [3.8, 4) is 16.9 Å². The molecule has 7 heteroatoms. The summed E-state index contributed by atoms with van der Waals surface area (Å²) in [4.78, 5) is 25.0. The van der Waals surface area contributed by atoms with Gasteiger partial charge in [0.1, 0.15) is 17.9 Å². The smallest absolute Gasteiger partial charge is 0.246 e. The van der Waals surface area contributed by atoms with Crippen LogP contribution in [0.15, 0.2) is 67.5 Å². The molecule has 0 radical (unpaired) electrons. The van der Waals surface area contributed by atoms with Crippen molar-refractivity contribution in [1.82, 2.24) is 14.9 Å². The van der Waals surface area contributed by atoms with Gasteiger partial charge in [-0.2, -0.15) is 0 Å². The number of carbonyl (C=O) groups excluding carboxylic acids is 1. The fourth-order valence-corrected chi connectivity index (χ4v) is 4.68. The zero-order chi connectivity index (χ0) is 22.9. The molecule has 6 nitrogen and oxygen atoms in total. The van der Waals surface area contributed by atoms with Crippen LogP contribution in [0.4, 0.5) is 5.82 Å². The molecule has 5 rings (SSSR count). The number of piperazine rings is 1. The molecule has 0 atom stereocenters. The van der Waals surface area contributed by atoms with E-state index in [2.05, 4.69) is 33.6 Å². The summed E-state index contributed by atoms with van der Waals surface area (Å²) < 4.78 is 5.53. The molecule has 1 aliphatic heterocycles. The first-order valence-corrected chi connectivity index (χ1v) is 11.1. The second kappa shape index (κ2) is 8.71. The zero-order valence-electron chi connectivity index (χ0n) is 18.3. The van der Waals surface area contributed by atoms with Gasteiger partial charge in [0.05, 0.1) is 12.6 Å². The monoisotopic (exact) mass is 458 g/mol. The molecule has 1 aliphatic rings. The molecule has 166 valence electrons. The summed E-state index contributed by atoms with van der Waals surface area (Å²) in [5.41, 5.74) is 2.70. The number of halogens is 1. The number of benzene rings is 3. The van der Waals surface area contributed by atoms with Crippen LogP contribution < -0.4 is 9.64 Å². The number of hydrogen-bond acceptors (Lipinski definition) is 5. The number of anilines is 1. The van der Waals surface area contributed by atoms with Crippen molar-refractivity contribution in [3.05, 3.63) is 72.5 Å². The molecule has 0 unspecified atom stereocenters. The Morgan fingerprint density at radius 3 is 2.58 bits per heavy atom. The quantitative estimate of drug-likeness (QED) is 0.405. The third-order valence-corrected chi connectivity index (χ3v) is 6.44. The molecule has 0 saturated carbocycles. The summed E-state index contributed by atoms with van der Waals surface area (Å²) in [6.07, 6.45) is 2.94. The lowest BCUT2D eigenvalue weighted by atomic mass is 9.96. The number of methoxy groups -OCH3 is 1. The highest BCUT2D eigenvalue weighted by Crippen LogP contribution is 2.39. The van der Waals surface area contributed by atoms with Gasteiger partial charge in [-0.25, -0.2) is 9.97 Å². The molecular formula is C26H23ClN4O2. The van der Waals surface area contributed by atoms with E-state index in [0.29, 0.717) is 31.2 Å². The minimum atomic E-state index is -0.0413. The van der Waals surface area contributed by atoms with Gasteiger partial charge in [0.15, 0.2) is 0 Å². The average Bonchev–Trinajstić information content (AvgIpc) is 2.87. The van der Waals surface area contributed by atoms with Gasteiger partial charge in [-0.15, -0.1) is 0 Å². The van der Waals surface area contributed by atoms with Gasteiger partial charge >= 0.3 is 0 Å². The van der Waals surface area contributed by atoms with E-state index in [4.69, 9.17) is 16.3 Å². The van der Waals surface area contributed by atoms with Crippen LogP contribution >= 0.6 is 11.6 Å². The van der Waals surface area contributed by atoms with E-state index in [1.807, 2.05) is 36.4 Å². The maximum absolute atomic E-state index is 11.9. The number of nitrogens with zero attached hydrogens (tertiary/aromatic N) is 4. The number of aromatic nitrogens is 2. The van der Waals surface area contributed by atoms with Gasteiger partial charge in [0.2, 0.25) is 5.91 Å². The molecule has 1 fully saturated rings. The number of fused-ring (bicyclic) bond motifs is 2. The number of hydrogen-bond donors (Lipinski definition) is 0. The van der Waals surface area contributed by atoms with Gasteiger partial charge in [0, 0.05) is 42.2 Å². The molecule has 1 saturated heterocycles. The van der Waals surface area contributed by atoms with E-state index in [1.54, 1.807) is 18.3 Å². The standard InChI is InChI=1S/C26H23ClN4O2/c1-3-25(32)30-8-10-31(11-9-30)26-22-14-23(27)21(15-24(22)28-16-29-26)20-13-18(33-2)12-17-6-4-5-7-19(17)20/h3-7,12-16H,1,8-11H2,2H3. The molecule has 0 spiro atoms. The van der Waals surface area contributed by atoms with Gasteiger partial charge < -0.3 is 14.5 Å². The number of rotatable bonds is 4. The maximum atomic E-state index is 11.9. The van der Waals surface area contributed by atoms with Crippen molar-refractivity contribution in [1.29, 1.82) is 0 Å². The van der Waals surface area contributed by atoms with E-state index < -0.39 is 0 Å². The van der Waals surface area contributed by atoms with Crippen LogP contribution in [-0.4, -0.2) is 54.1 Å². The Morgan fingerprint density at radius 2 is 1.82 bits per heavy atom. The normalized spacial score (nSPS) is 14.0. The van der Waals surface area contributed by atoms with Gasteiger partial charge in [-0.1, -0.05) is 42.4 Å². The zero-order valence-corrected chi connectivity index (χ0v) is 19.0. The maximum Gasteiger partial charge on any atom is 0.246 e. The molecule has 1 amide bonds. The van der Waals surface area contributed by atoms with Crippen LogP contribution in [-0.2, 0) is 4.79 Å². The summed E-state index contributed by atoms with van der Waals surface area (Å²) >= 11 is 6.85. The van der Waals surface area contributed by atoms with Crippen molar-refractivity contribution < 1.29 is 9.53 Å². The van der Waals surface area contributed by atoms with E-state index in [-0.39, 0.29) is 5.91 Å². The van der Waals surface area contributed by atoms with Crippen molar-refractivity contribution in [2.45, 2.75) is 0 Å². The van der Waals surface area contributed by atoms with Gasteiger partial charge in [-0.3, -0.25) is 4.79 Å². The van der Waals surface area contributed by atoms with Crippen molar-refractivity contribution in [3.63, 3.8) is 0 Å². The predicted molar refractivity (Wildman–Crippen MR) is 133 cm³/mol. The lowest BCUT2D eigenvalue weighted by Gasteiger charge is -2.35. The Kier molecular flexibility index (Phi) is 5.60. The summed E-state index contributed by atoms with van der Waals surface area (Å²) in [7, 11) is 1.66. The first-order valence-electron chi connectivity index (χ1n) is 10.8. The third-order valence-electron chi connectivity index (χ3n) is 6.13. The Morgan fingerprint density at radius 1 is 1.03 bits per heavy atom. The summed E-state index contributed by atoms with van der Waals surface area (Å²) in [5, 5.41) is 3.69. The SMILES string of the molecule is C=CC(=O)N1CCN(c2ncnc3cc(-c4cc(OC)cc5ccccc45)c(Cl)cc23)CC1. The first kappa shape index (κ1) is 21.2. The van der Waals surface area contributed by atoms with Gasteiger partial charge in [0.25, 0.3) is 0 Å². The van der Waals surface area contributed by atoms with E-state index in [0.717, 1.165) is 44.4 Å². The van der Waals surface area contributed by atoms with Crippen molar-refractivity contribution >= 4 is 45.0 Å². The number of amides is 1. The molecule has 1 aromatic heterocycles. The molecular weight excluding hydrogens is 436 g/mol. The largest absolute Gasteiger partial charge is 0.497 e. The van der Waals surface area contributed by atoms with Crippen LogP contribution in [0.1, 0.15) is 0 Å². The van der Waals surface area contributed by atoms with Crippen LogP contribution in [0.25, 0.3) is 32.8 Å². The fraction of sp³-hybridized carbons (Fsp3) is 0.192. The van der Waals surface area contributed by atoms with Crippen LogP contribution in [0.3, 0.4) is 0 Å². The third kappa shape index (κ3) is 3.87. The molecule has 33 heavy (non-hydrogen) atoms. The van der Waals surface area contributed by atoms with Crippen LogP contribution in [0.5, 0.6) is 5.75 Å². The van der Waals surface area contributed by atoms with Crippen molar-refractivity contribution in [2.75, 3.05) is 38.2 Å². The minimum Gasteiger partial charge on any atom is -0.497 e. The van der Waals surface area contributed by atoms with E-state index in [9.17, 15) is 4.79 Å². The lowest BCUT2D eigenvalue weighted by molar-refractivity contribution is -0.126. The number of ether oxygens (including phenoxy) is 1. The Bertz CT molecular complexity index is 1380. The molecule has 0 aliphatic carbocycles. The Hall–Kier alpha value is -3.64. The highest BCUT2D eigenvalue weighted by molar-refractivity contribution is 6.34. The molecule has 4 aromatic rings. The second-order valence-electron chi connectivity index (χ2n) is 7.96. The number of carbonyl (C=O) groups is 1. The highest BCUT2D eigenvalue weighted by Gasteiger charge is 2.22. The minimum absolute atomic E-state index is 0.0413. The molecule has 2 heterocycles. The second-order valence-corrected chi connectivity index (χ2v) is 8.37. The van der Waals surface area contributed by atoms with Crippen LogP contribution in [0, 0.1) is 0 Å². The summed E-state index contributed by atoms with van der Waals surface area (Å²) in [6, 6.07) is 16.2. The summed E-state index contributed by atoms with van der Waals surface area (Å²) in [5.74, 6) is 1.56. The average molecular weight is 459 g/mol. The molecule has 0 bridgehead atoms.